The van der Waals surface area contributed by atoms with E-state index in [4.69, 9.17) is 0 Å². The van der Waals surface area contributed by atoms with E-state index in [1.807, 2.05) is 17.0 Å². The van der Waals surface area contributed by atoms with Crippen LogP contribution in [-0.2, 0) is 32.4 Å². The first-order valence-electron chi connectivity index (χ1n) is 7.03. The van der Waals surface area contributed by atoms with Gasteiger partial charge in [-0.25, -0.2) is 4.57 Å². The third-order valence-corrected chi connectivity index (χ3v) is 4.21. The van der Waals surface area contributed by atoms with Crippen molar-refractivity contribution in [3.63, 3.8) is 0 Å². The number of unbranched alkanes of at least 4 members (excludes halogenated alkanes) is 3. The van der Waals surface area contributed by atoms with Crippen LogP contribution in [0.15, 0.2) is 44.0 Å². The third-order valence-electron chi connectivity index (χ3n) is 3.34. The number of aromatic nitrogens is 4. The predicted molar refractivity (Wildman–Crippen MR) is 75.6 cm³/mol. The molecule has 0 aliphatic heterocycles. The molecule has 2 rings (SSSR count). The molecule has 0 aliphatic carbocycles. The zero-order chi connectivity index (χ0) is 14.2. The Morgan fingerprint density at radius 2 is 1.45 bits per heavy atom. The maximum absolute atomic E-state index is 3.75. The van der Waals surface area contributed by atoms with E-state index in [0.29, 0.717) is 0 Å². The van der Waals surface area contributed by atoms with Gasteiger partial charge >= 0.3 is 108 Å². The molecule has 0 saturated heterocycles. The summed E-state index contributed by atoms with van der Waals surface area (Å²) in [6.07, 6.45) is 19.5. The Labute approximate surface area is 131 Å². The van der Waals surface area contributed by atoms with E-state index in [1.54, 1.807) is 0 Å². The van der Waals surface area contributed by atoms with Crippen molar-refractivity contribution in [1.29, 1.82) is 0 Å². The molecule has 0 bridgehead atoms. The molecule has 0 N–H and O–H groups in total. The standard InChI is InChI=1S/C15H22N4.W/c1-3-17-12-13-19(15-17)9-7-5-4-6-8-18-11-10-16(2)14-18;/h2-3,10-15H,1,4-9H2;/q+2;. The summed E-state index contributed by atoms with van der Waals surface area (Å²) >= 11 is 1.48. The molecule has 0 atom stereocenters. The van der Waals surface area contributed by atoms with Gasteiger partial charge in [0.15, 0.2) is 0 Å². The Morgan fingerprint density at radius 1 is 0.900 bits per heavy atom. The van der Waals surface area contributed by atoms with Crippen molar-refractivity contribution in [1.82, 2.24) is 9.13 Å². The first-order valence-corrected chi connectivity index (χ1v) is 8.72. The van der Waals surface area contributed by atoms with Gasteiger partial charge in [0.25, 0.3) is 0 Å². The minimum absolute atomic E-state index is 1.10. The van der Waals surface area contributed by atoms with E-state index in [1.165, 1.54) is 45.0 Å². The fourth-order valence-corrected chi connectivity index (χ4v) is 2.65. The van der Waals surface area contributed by atoms with Crippen LogP contribution in [0.25, 0.3) is 6.20 Å². The summed E-state index contributed by atoms with van der Waals surface area (Å²) in [5, 5.41) is 0. The van der Waals surface area contributed by atoms with Crippen LogP contribution in [0, 0.1) is 0 Å². The Hall–Kier alpha value is -1.28. The Balaban J connectivity index is 1.57. The number of hydrogen-bond donors (Lipinski definition) is 0. The zero-order valence-electron chi connectivity index (χ0n) is 11.8. The molecule has 0 aliphatic rings. The number of aryl methyl sites for hydroxylation is 2. The molecule has 0 amide bonds. The van der Waals surface area contributed by atoms with Gasteiger partial charge in [0.1, 0.15) is 6.20 Å². The van der Waals surface area contributed by atoms with Crippen LogP contribution in [0.2, 0.25) is 0 Å². The van der Waals surface area contributed by atoms with E-state index in [2.05, 4.69) is 56.1 Å². The second-order valence-electron chi connectivity index (χ2n) is 4.90. The first-order chi connectivity index (χ1) is 9.81. The average Bonchev–Trinajstić information content (AvgIpc) is 3.11. The molecule has 20 heavy (non-hydrogen) atoms. The topological polar surface area (TPSA) is 17.6 Å². The van der Waals surface area contributed by atoms with Gasteiger partial charge in [-0.2, -0.15) is 0 Å². The Morgan fingerprint density at radius 3 is 1.90 bits per heavy atom. The number of hydrogen-bond acceptors (Lipinski definition) is 0. The van der Waals surface area contributed by atoms with Crippen LogP contribution in [0.1, 0.15) is 25.7 Å². The molecule has 106 valence electrons. The monoisotopic (exact) mass is 442 g/mol. The molecule has 0 radical (unpaired) electrons. The van der Waals surface area contributed by atoms with Crippen LogP contribution < -0.4 is 9.13 Å². The fraction of sp³-hybridized carbons (Fsp3) is 0.400. The van der Waals surface area contributed by atoms with Crippen molar-refractivity contribution in [2.24, 2.45) is 0 Å². The normalized spacial score (nSPS) is 10.6. The summed E-state index contributed by atoms with van der Waals surface area (Å²) in [6.45, 7) is 5.96. The van der Waals surface area contributed by atoms with Gasteiger partial charge < -0.3 is 0 Å². The van der Waals surface area contributed by atoms with Crippen molar-refractivity contribution in [3.8, 4) is 0 Å². The molecule has 5 heteroatoms. The van der Waals surface area contributed by atoms with Gasteiger partial charge in [-0.1, -0.05) is 6.58 Å². The Kier molecular flexibility index (Phi) is 6.13. The summed E-state index contributed by atoms with van der Waals surface area (Å²) in [4.78, 5) is 0. The first kappa shape index (κ1) is 15.1. The zero-order valence-corrected chi connectivity index (χ0v) is 14.7. The predicted octanol–water partition coefficient (Wildman–Crippen LogP) is 1.38. The van der Waals surface area contributed by atoms with Gasteiger partial charge in [-0.3, -0.25) is 0 Å². The van der Waals surface area contributed by atoms with Crippen molar-refractivity contribution < 1.29 is 28.5 Å². The molecule has 2 aromatic rings. The number of rotatable bonds is 9. The van der Waals surface area contributed by atoms with Crippen molar-refractivity contribution in [2.45, 2.75) is 38.8 Å². The number of nitrogens with zero attached hydrogens (tertiary/aromatic N) is 4. The Bertz CT molecular complexity index is 505. The molecule has 0 aromatic carbocycles. The van der Waals surface area contributed by atoms with E-state index >= 15 is 0 Å². The van der Waals surface area contributed by atoms with E-state index in [-0.39, 0.29) is 0 Å². The van der Waals surface area contributed by atoms with Gasteiger partial charge in [-0.15, -0.1) is 0 Å². The van der Waals surface area contributed by atoms with Crippen LogP contribution >= 0.6 is 0 Å². The summed E-state index contributed by atoms with van der Waals surface area (Å²) in [6, 6.07) is 0. The van der Waals surface area contributed by atoms with Crippen LogP contribution in [-0.4, -0.2) is 13.7 Å². The molecular weight excluding hydrogens is 420 g/mol. The molecule has 4 nitrogen and oxygen atoms in total. The number of imidazole rings is 2. The molecule has 0 saturated carbocycles. The summed E-state index contributed by atoms with van der Waals surface area (Å²) in [7, 11) is 0. The average molecular weight is 442 g/mol. The molecule has 2 heterocycles. The summed E-state index contributed by atoms with van der Waals surface area (Å²) in [5.41, 5.74) is 0. The maximum atomic E-state index is 3.75. The second-order valence-corrected chi connectivity index (χ2v) is 5.66. The third kappa shape index (κ3) is 4.68. The summed E-state index contributed by atoms with van der Waals surface area (Å²) < 4.78 is 10.7. The van der Waals surface area contributed by atoms with Crippen molar-refractivity contribution in [2.75, 3.05) is 0 Å². The molecule has 0 spiro atoms. The minimum atomic E-state index is 1.10. The van der Waals surface area contributed by atoms with Gasteiger partial charge in [0.05, 0.1) is 6.20 Å². The molecule has 0 fully saturated rings. The molecule has 2 aromatic heterocycles. The SMILES string of the molecule is C=Cn1cc[n+](CCCCCC[n+]2ccn([CH]=[W])c2)c1. The summed E-state index contributed by atoms with van der Waals surface area (Å²) in [5.74, 6) is 0. The quantitative estimate of drug-likeness (QED) is 0.413. The van der Waals surface area contributed by atoms with E-state index in [9.17, 15) is 0 Å². The molecular formula is C15H22N4W+2. The van der Waals surface area contributed by atoms with Gasteiger partial charge in [0, 0.05) is 0 Å². The van der Waals surface area contributed by atoms with E-state index in [0.717, 1.165) is 13.1 Å². The van der Waals surface area contributed by atoms with Crippen LogP contribution in [0.4, 0.5) is 0 Å². The van der Waals surface area contributed by atoms with Crippen molar-refractivity contribution >= 4 is 10.7 Å². The van der Waals surface area contributed by atoms with Crippen molar-refractivity contribution in [3.05, 3.63) is 44.0 Å². The van der Waals surface area contributed by atoms with E-state index < -0.39 is 0 Å². The fourth-order valence-electron chi connectivity index (χ4n) is 2.20. The van der Waals surface area contributed by atoms with Gasteiger partial charge in [-0.05, 0) is 0 Å². The second kappa shape index (κ2) is 8.11. The molecule has 0 unspecified atom stereocenters. The van der Waals surface area contributed by atoms with Gasteiger partial charge in [0.2, 0.25) is 0 Å². The van der Waals surface area contributed by atoms with Crippen LogP contribution in [0.3, 0.4) is 0 Å². The van der Waals surface area contributed by atoms with Crippen LogP contribution in [0.5, 0.6) is 0 Å².